The second-order valence-corrected chi connectivity index (χ2v) is 13.1. The van der Waals surface area contributed by atoms with Gasteiger partial charge < -0.3 is 9.64 Å². The van der Waals surface area contributed by atoms with E-state index in [1.807, 2.05) is 35.2 Å². The van der Waals surface area contributed by atoms with Crippen LogP contribution in [-0.4, -0.2) is 60.9 Å². The first-order valence-electron chi connectivity index (χ1n) is 11.3. The van der Waals surface area contributed by atoms with E-state index in [-0.39, 0.29) is 16.2 Å². The Morgan fingerprint density at radius 3 is 2.30 bits per heavy atom. The maximum absolute atomic E-state index is 13.3. The van der Waals surface area contributed by atoms with Crippen LogP contribution in [0.3, 0.4) is 0 Å². The number of rotatable bonds is 4. The lowest BCUT2D eigenvalue weighted by atomic mass is 9.87. The van der Waals surface area contributed by atoms with Crippen molar-refractivity contribution in [2.75, 3.05) is 32.5 Å². The Bertz CT molecular complexity index is 1120. The molecule has 1 amide bonds. The average Bonchev–Trinajstić information content (AvgIpc) is 3.21. The van der Waals surface area contributed by atoms with E-state index in [0.29, 0.717) is 48.7 Å². The number of nitrogens with zero attached hydrogens (tertiary/aromatic N) is 2. The van der Waals surface area contributed by atoms with Gasteiger partial charge in [0.2, 0.25) is 10.0 Å². The highest BCUT2D eigenvalue weighted by Crippen LogP contribution is 2.45. The molecule has 8 heteroatoms. The molecule has 0 unspecified atom stereocenters. The minimum absolute atomic E-state index is 0.0204. The minimum Gasteiger partial charge on any atom is -0.497 e. The van der Waals surface area contributed by atoms with Crippen molar-refractivity contribution in [1.82, 2.24) is 9.21 Å². The van der Waals surface area contributed by atoms with Crippen LogP contribution in [0.1, 0.15) is 49.5 Å². The molecule has 1 spiro atoms. The molecule has 178 valence electrons. The van der Waals surface area contributed by atoms with E-state index in [0.717, 1.165) is 11.3 Å². The molecule has 0 atom stereocenters. The number of ether oxygens (including phenoxy) is 1. The maximum atomic E-state index is 13.3. The van der Waals surface area contributed by atoms with Gasteiger partial charge in [-0.25, -0.2) is 8.42 Å². The summed E-state index contributed by atoms with van der Waals surface area (Å²) in [6, 6.07) is 14.4. The van der Waals surface area contributed by atoms with Crippen LogP contribution in [-0.2, 0) is 15.4 Å². The van der Waals surface area contributed by atoms with Gasteiger partial charge in [0.15, 0.2) is 0 Å². The third kappa shape index (κ3) is 4.66. The third-order valence-electron chi connectivity index (χ3n) is 6.60. The summed E-state index contributed by atoms with van der Waals surface area (Å²) in [5, 5.41) is 0. The summed E-state index contributed by atoms with van der Waals surface area (Å²) in [6.07, 6.45) is 1.24. The van der Waals surface area contributed by atoms with Crippen LogP contribution in [0.25, 0.3) is 0 Å². The van der Waals surface area contributed by atoms with Crippen LogP contribution in [0.15, 0.2) is 53.4 Å². The molecular weight excluding hydrogens is 456 g/mol. The van der Waals surface area contributed by atoms with Crippen molar-refractivity contribution in [3.05, 3.63) is 59.7 Å². The number of thioether (sulfide) groups is 1. The Morgan fingerprint density at radius 2 is 1.70 bits per heavy atom. The molecule has 2 aromatic carbocycles. The largest absolute Gasteiger partial charge is 0.497 e. The van der Waals surface area contributed by atoms with Gasteiger partial charge in [0.1, 0.15) is 5.75 Å². The van der Waals surface area contributed by atoms with Crippen LogP contribution >= 0.6 is 11.8 Å². The molecule has 0 N–H and O–H groups in total. The highest BCUT2D eigenvalue weighted by Gasteiger charge is 2.48. The van der Waals surface area contributed by atoms with Crippen LogP contribution in [0, 0.1) is 0 Å². The third-order valence-corrected chi connectivity index (χ3v) is 10.1. The van der Waals surface area contributed by atoms with E-state index in [1.165, 1.54) is 0 Å². The number of hydrogen-bond donors (Lipinski definition) is 0. The number of carbonyl (C=O) groups excluding carboxylic acids is 1. The van der Waals surface area contributed by atoms with Crippen molar-refractivity contribution in [1.29, 1.82) is 0 Å². The normalized spacial score (nSPS) is 19.1. The van der Waals surface area contributed by atoms with Gasteiger partial charge in [0, 0.05) is 31.0 Å². The van der Waals surface area contributed by atoms with Gasteiger partial charge in [-0.15, -0.1) is 11.8 Å². The molecule has 2 heterocycles. The Morgan fingerprint density at radius 1 is 1.03 bits per heavy atom. The van der Waals surface area contributed by atoms with Crippen molar-refractivity contribution in [3.63, 3.8) is 0 Å². The summed E-state index contributed by atoms with van der Waals surface area (Å²) in [6.45, 7) is 7.80. The van der Waals surface area contributed by atoms with Gasteiger partial charge in [-0.3, -0.25) is 4.79 Å². The second-order valence-electron chi connectivity index (χ2n) is 9.66. The summed E-state index contributed by atoms with van der Waals surface area (Å²) >= 11 is 1.77. The zero-order valence-corrected chi connectivity index (χ0v) is 21.3. The lowest BCUT2D eigenvalue weighted by Gasteiger charge is -2.43. The number of methoxy groups -OCH3 is 1. The molecule has 0 saturated carbocycles. The number of sulfonamides is 1. The second kappa shape index (κ2) is 8.96. The average molecular weight is 489 g/mol. The van der Waals surface area contributed by atoms with Crippen molar-refractivity contribution in [3.8, 4) is 5.75 Å². The molecule has 0 radical (unpaired) electrons. The van der Waals surface area contributed by atoms with E-state index in [1.54, 1.807) is 41.4 Å². The first-order chi connectivity index (χ1) is 15.6. The van der Waals surface area contributed by atoms with E-state index >= 15 is 0 Å². The molecular formula is C25H32N2O4S2. The van der Waals surface area contributed by atoms with Gasteiger partial charge >= 0.3 is 0 Å². The Kier molecular flexibility index (Phi) is 6.55. The summed E-state index contributed by atoms with van der Waals surface area (Å²) in [5.74, 6) is 1.49. The summed E-state index contributed by atoms with van der Waals surface area (Å²) in [7, 11) is -1.98. The monoisotopic (exact) mass is 488 g/mol. The summed E-state index contributed by atoms with van der Waals surface area (Å²) < 4.78 is 33.4. The molecule has 0 aromatic heterocycles. The van der Waals surface area contributed by atoms with E-state index in [4.69, 9.17) is 4.74 Å². The highest BCUT2D eigenvalue weighted by molar-refractivity contribution is 8.00. The van der Waals surface area contributed by atoms with E-state index in [2.05, 4.69) is 20.8 Å². The quantitative estimate of drug-likeness (QED) is 0.640. The fourth-order valence-electron chi connectivity index (χ4n) is 4.57. The molecule has 2 aromatic rings. The molecule has 2 fully saturated rings. The Hall–Kier alpha value is -2.03. The predicted octanol–water partition coefficient (Wildman–Crippen LogP) is 4.36. The SMILES string of the molecule is COc1cccc(C(=O)N2CCSC23CCN(S(=O)(=O)c2ccc(C(C)(C)C)cc2)CC3)c1. The Labute approximate surface area is 201 Å². The molecule has 33 heavy (non-hydrogen) atoms. The molecule has 2 saturated heterocycles. The van der Waals surface area contributed by atoms with Gasteiger partial charge in [0.05, 0.1) is 16.9 Å². The van der Waals surface area contributed by atoms with Gasteiger partial charge in [-0.2, -0.15) is 4.31 Å². The van der Waals surface area contributed by atoms with Crippen molar-refractivity contribution in [2.45, 2.75) is 48.8 Å². The van der Waals surface area contributed by atoms with Crippen molar-refractivity contribution in [2.24, 2.45) is 0 Å². The number of benzene rings is 2. The lowest BCUT2D eigenvalue weighted by molar-refractivity contribution is 0.0605. The molecule has 2 aliphatic heterocycles. The van der Waals surface area contributed by atoms with Crippen LogP contribution in [0.4, 0.5) is 0 Å². The fourth-order valence-corrected chi connectivity index (χ4v) is 7.47. The Balaban J connectivity index is 1.49. The van der Waals surface area contributed by atoms with Gasteiger partial charge in [-0.1, -0.05) is 39.0 Å². The highest BCUT2D eigenvalue weighted by atomic mass is 32.2. The standard InChI is InChI=1S/C25H32N2O4S2/c1-24(2,3)20-8-10-22(11-9-20)33(29,30)26-14-12-25(13-15-26)27(16-17-32-25)23(28)19-6-5-7-21(18-19)31-4/h5-11,18H,12-17H2,1-4H3. The van der Waals surface area contributed by atoms with Crippen molar-refractivity contribution >= 4 is 27.7 Å². The number of amides is 1. The van der Waals surface area contributed by atoms with E-state index < -0.39 is 10.0 Å². The van der Waals surface area contributed by atoms with Crippen LogP contribution < -0.4 is 4.74 Å². The maximum Gasteiger partial charge on any atom is 0.255 e. The van der Waals surface area contributed by atoms with Crippen LogP contribution in [0.2, 0.25) is 0 Å². The topological polar surface area (TPSA) is 66.9 Å². The van der Waals surface area contributed by atoms with E-state index in [9.17, 15) is 13.2 Å². The number of hydrogen-bond acceptors (Lipinski definition) is 5. The number of carbonyl (C=O) groups is 1. The first kappa shape index (κ1) is 24.1. The molecule has 0 aliphatic carbocycles. The van der Waals surface area contributed by atoms with Gasteiger partial charge in [-0.05, 0) is 54.2 Å². The molecule has 2 aliphatic rings. The fraction of sp³-hybridized carbons (Fsp3) is 0.480. The van der Waals surface area contributed by atoms with Gasteiger partial charge in [0.25, 0.3) is 5.91 Å². The first-order valence-corrected chi connectivity index (χ1v) is 13.7. The zero-order chi connectivity index (χ0) is 23.9. The molecule has 0 bridgehead atoms. The summed E-state index contributed by atoms with van der Waals surface area (Å²) in [5.41, 5.74) is 1.68. The smallest absolute Gasteiger partial charge is 0.255 e. The van der Waals surface area contributed by atoms with Crippen LogP contribution in [0.5, 0.6) is 5.75 Å². The molecule has 4 rings (SSSR count). The summed E-state index contributed by atoms with van der Waals surface area (Å²) in [4.78, 5) is 15.2. The molecule has 6 nitrogen and oxygen atoms in total. The minimum atomic E-state index is -3.57. The number of piperidine rings is 1. The zero-order valence-electron chi connectivity index (χ0n) is 19.7. The lowest BCUT2D eigenvalue weighted by Crippen LogP contribution is -2.53. The predicted molar refractivity (Wildman–Crippen MR) is 132 cm³/mol. The van der Waals surface area contributed by atoms with Crippen molar-refractivity contribution < 1.29 is 17.9 Å².